The number of nitrogens with one attached hydrogen (secondary N) is 1. The summed E-state index contributed by atoms with van der Waals surface area (Å²) in [6.07, 6.45) is 1.28. The molecule has 4 aromatic rings. The highest BCUT2D eigenvalue weighted by Crippen LogP contribution is 2.22. The van der Waals surface area contributed by atoms with E-state index in [0.29, 0.717) is 16.6 Å². The van der Waals surface area contributed by atoms with Gasteiger partial charge in [0.2, 0.25) is 20.9 Å². The van der Waals surface area contributed by atoms with Crippen molar-refractivity contribution < 1.29 is 17.2 Å². The molecule has 0 unspecified atom stereocenters. The van der Waals surface area contributed by atoms with Gasteiger partial charge in [-0.1, -0.05) is 12.1 Å². The Bertz CT molecular complexity index is 1110. The van der Waals surface area contributed by atoms with E-state index < -0.39 is 9.84 Å². The molecule has 2 heterocycles. The molecule has 8 heteroatoms. The number of nitrogens with zero attached hydrogens (tertiary/aromatic N) is 2. The van der Waals surface area contributed by atoms with E-state index >= 15 is 0 Å². The first-order chi connectivity index (χ1) is 12.0. The summed E-state index contributed by atoms with van der Waals surface area (Å²) in [4.78, 5) is 11.1. The molecule has 0 bridgehead atoms. The van der Waals surface area contributed by atoms with Crippen LogP contribution in [-0.4, -0.2) is 23.4 Å². The van der Waals surface area contributed by atoms with Gasteiger partial charge in [0, 0.05) is 5.56 Å². The first-order valence-electron chi connectivity index (χ1n) is 7.39. The summed E-state index contributed by atoms with van der Waals surface area (Å²) in [5.74, 6) is -0.491. The van der Waals surface area contributed by atoms with Crippen molar-refractivity contribution in [3.63, 3.8) is 0 Å². The molecule has 4 rings (SSSR count). The molecular weight excluding hydrogens is 345 g/mol. The number of halogens is 1. The Morgan fingerprint density at radius 1 is 1.04 bits per heavy atom. The van der Waals surface area contributed by atoms with Gasteiger partial charge in [-0.3, -0.25) is 0 Å². The Labute approximate surface area is 142 Å². The molecule has 1 N–H and O–H groups in total. The third-order valence-corrected chi connectivity index (χ3v) is 5.10. The lowest BCUT2D eigenvalue weighted by molar-refractivity contribution is 0.570. The molecule has 2 aromatic carbocycles. The molecular formula is C17H12FN3O3S. The van der Waals surface area contributed by atoms with Gasteiger partial charge in [0.25, 0.3) is 0 Å². The summed E-state index contributed by atoms with van der Waals surface area (Å²) < 4.78 is 43.3. The maximum Gasteiger partial charge on any atom is 0.226 e. The Kier molecular flexibility index (Phi) is 3.61. The molecule has 0 atom stereocenters. The number of oxazole rings is 1. The van der Waals surface area contributed by atoms with E-state index in [1.165, 1.54) is 30.5 Å². The third kappa shape index (κ3) is 3.03. The van der Waals surface area contributed by atoms with Gasteiger partial charge in [0.15, 0.2) is 0 Å². The molecule has 2 aromatic heterocycles. The molecule has 0 aliphatic rings. The summed E-state index contributed by atoms with van der Waals surface area (Å²) >= 11 is 0. The summed E-state index contributed by atoms with van der Waals surface area (Å²) in [6.45, 7) is 0. The van der Waals surface area contributed by atoms with Gasteiger partial charge in [-0.25, -0.2) is 22.8 Å². The molecule has 0 radical (unpaired) electrons. The second-order valence-electron chi connectivity index (χ2n) is 5.47. The number of H-pyrrole nitrogens is 1. The fourth-order valence-electron chi connectivity index (χ4n) is 2.44. The summed E-state index contributed by atoms with van der Waals surface area (Å²) in [7, 11) is -3.70. The lowest BCUT2D eigenvalue weighted by Gasteiger charge is -1.97. The van der Waals surface area contributed by atoms with Crippen molar-refractivity contribution in [3.05, 3.63) is 66.3 Å². The van der Waals surface area contributed by atoms with Crippen molar-refractivity contribution in [3.8, 4) is 11.5 Å². The second-order valence-corrected chi connectivity index (χ2v) is 7.37. The van der Waals surface area contributed by atoms with Crippen LogP contribution < -0.4 is 0 Å². The first-order valence-corrected chi connectivity index (χ1v) is 9.04. The van der Waals surface area contributed by atoms with Crippen LogP contribution in [0.5, 0.6) is 0 Å². The van der Waals surface area contributed by atoms with Crippen LogP contribution in [0.2, 0.25) is 0 Å². The van der Waals surface area contributed by atoms with Crippen molar-refractivity contribution in [1.82, 2.24) is 15.0 Å². The van der Waals surface area contributed by atoms with Crippen LogP contribution in [0.1, 0.15) is 5.69 Å². The topological polar surface area (TPSA) is 88.8 Å². The van der Waals surface area contributed by atoms with Gasteiger partial charge >= 0.3 is 0 Å². The Morgan fingerprint density at radius 3 is 2.56 bits per heavy atom. The number of benzene rings is 2. The quantitative estimate of drug-likeness (QED) is 0.605. The van der Waals surface area contributed by atoms with Crippen LogP contribution in [0.25, 0.3) is 22.5 Å². The lowest BCUT2D eigenvalue weighted by atomic mass is 10.2. The number of hydrogen-bond donors (Lipinski definition) is 1. The van der Waals surface area contributed by atoms with Crippen LogP contribution in [0.4, 0.5) is 4.39 Å². The van der Waals surface area contributed by atoms with Crippen LogP contribution in [-0.2, 0) is 15.6 Å². The molecule has 0 saturated heterocycles. The van der Waals surface area contributed by atoms with E-state index in [2.05, 4.69) is 15.0 Å². The van der Waals surface area contributed by atoms with Gasteiger partial charge in [0.05, 0.1) is 16.7 Å². The van der Waals surface area contributed by atoms with E-state index in [1.807, 2.05) is 0 Å². The summed E-state index contributed by atoms with van der Waals surface area (Å²) in [5.41, 5.74) is 2.04. The number of aromatic nitrogens is 3. The van der Waals surface area contributed by atoms with Gasteiger partial charge in [0.1, 0.15) is 17.8 Å². The molecule has 25 heavy (non-hydrogen) atoms. The lowest BCUT2D eigenvalue weighted by Crippen LogP contribution is -2.07. The van der Waals surface area contributed by atoms with Crippen molar-refractivity contribution in [2.45, 2.75) is 10.9 Å². The molecule has 0 fully saturated rings. The standard InChI is InChI=1S/C17H12FN3O3S/c18-12-7-5-11(6-8-12)16-19-13(9-24-16)10-25(22,23)17-20-14-3-1-2-4-15(14)21-17/h1-9H,10H2,(H,20,21). The summed E-state index contributed by atoms with van der Waals surface area (Å²) in [6, 6.07) is 12.7. The zero-order chi connectivity index (χ0) is 17.4. The van der Waals surface area contributed by atoms with E-state index in [0.717, 1.165) is 0 Å². The maximum atomic E-state index is 13.0. The largest absolute Gasteiger partial charge is 0.444 e. The fourth-order valence-corrected chi connectivity index (χ4v) is 3.60. The Morgan fingerprint density at radius 2 is 1.80 bits per heavy atom. The average molecular weight is 357 g/mol. The number of aromatic amines is 1. The first kappa shape index (κ1) is 15.5. The molecule has 0 amide bonds. The SMILES string of the molecule is O=S(=O)(Cc1coc(-c2ccc(F)cc2)n1)c1nc2ccccc2[nH]1. The smallest absolute Gasteiger partial charge is 0.226 e. The highest BCUT2D eigenvalue weighted by atomic mass is 32.2. The number of rotatable bonds is 4. The molecule has 6 nitrogen and oxygen atoms in total. The highest BCUT2D eigenvalue weighted by molar-refractivity contribution is 7.90. The zero-order valence-electron chi connectivity index (χ0n) is 12.8. The van der Waals surface area contributed by atoms with E-state index in [4.69, 9.17) is 4.42 Å². The van der Waals surface area contributed by atoms with Crippen molar-refractivity contribution in [1.29, 1.82) is 0 Å². The van der Waals surface area contributed by atoms with Crippen molar-refractivity contribution in [2.24, 2.45) is 0 Å². The maximum absolute atomic E-state index is 13.0. The van der Waals surface area contributed by atoms with E-state index in [1.54, 1.807) is 24.3 Å². The Hall–Kier alpha value is -3.00. The van der Waals surface area contributed by atoms with E-state index in [9.17, 15) is 12.8 Å². The molecule has 0 aliphatic heterocycles. The van der Waals surface area contributed by atoms with Gasteiger partial charge in [-0.15, -0.1) is 0 Å². The van der Waals surface area contributed by atoms with E-state index in [-0.39, 0.29) is 28.3 Å². The summed E-state index contributed by atoms with van der Waals surface area (Å²) in [5, 5.41) is -0.111. The number of para-hydroxylation sites is 2. The number of sulfone groups is 1. The molecule has 126 valence electrons. The molecule has 0 saturated carbocycles. The molecule has 0 aliphatic carbocycles. The predicted octanol–water partition coefficient (Wildman–Crippen LogP) is 3.33. The van der Waals surface area contributed by atoms with Crippen LogP contribution >= 0.6 is 0 Å². The number of imidazole rings is 1. The Balaban J connectivity index is 1.62. The number of fused-ring (bicyclic) bond motifs is 1. The normalized spacial score (nSPS) is 11.9. The second kappa shape index (κ2) is 5.82. The molecule has 0 spiro atoms. The minimum absolute atomic E-state index is 0.111. The minimum Gasteiger partial charge on any atom is -0.444 e. The van der Waals surface area contributed by atoms with Crippen molar-refractivity contribution in [2.75, 3.05) is 0 Å². The van der Waals surface area contributed by atoms with Crippen LogP contribution in [0, 0.1) is 5.82 Å². The van der Waals surface area contributed by atoms with Crippen molar-refractivity contribution >= 4 is 20.9 Å². The van der Waals surface area contributed by atoms with Gasteiger partial charge in [-0.2, -0.15) is 0 Å². The zero-order valence-corrected chi connectivity index (χ0v) is 13.6. The average Bonchev–Trinajstić information content (AvgIpc) is 3.22. The minimum atomic E-state index is -3.70. The monoisotopic (exact) mass is 357 g/mol. The third-order valence-electron chi connectivity index (χ3n) is 3.64. The highest BCUT2D eigenvalue weighted by Gasteiger charge is 2.22. The van der Waals surface area contributed by atoms with Crippen LogP contribution in [0.15, 0.2) is 64.4 Å². The van der Waals surface area contributed by atoms with Crippen LogP contribution in [0.3, 0.4) is 0 Å². The van der Waals surface area contributed by atoms with Gasteiger partial charge in [-0.05, 0) is 36.4 Å². The number of hydrogen-bond acceptors (Lipinski definition) is 5. The fraction of sp³-hybridized carbons (Fsp3) is 0.0588. The van der Waals surface area contributed by atoms with Gasteiger partial charge < -0.3 is 9.40 Å². The predicted molar refractivity (Wildman–Crippen MR) is 88.9 cm³/mol.